The molecule has 0 bridgehead atoms. The molecule has 0 N–H and O–H groups in total. The number of hydrogen-bond acceptors (Lipinski definition) is 3. The lowest BCUT2D eigenvalue weighted by atomic mass is 11.9. The molecular formula is CH2O3S. The summed E-state index contributed by atoms with van der Waals surface area (Å²) in [5.74, 6) is 0. The molecule has 0 saturated heterocycles. The highest BCUT2D eigenvalue weighted by Gasteiger charge is 1.12. The molecule has 0 unspecified atom stereocenters. The van der Waals surface area contributed by atoms with E-state index in [2.05, 4.69) is 0 Å². The Morgan fingerprint density at radius 2 is 1.20 bits per heavy atom. The maximum atomic E-state index is 8.29. The van der Waals surface area contributed by atoms with Crippen molar-refractivity contribution in [1.29, 1.82) is 0 Å². The zero-order valence-electron chi connectivity index (χ0n) is 2.34. The number of carbonyl (C=O) groups is 1. The van der Waals surface area contributed by atoms with Gasteiger partial charge in [0.25, 0.3) is 0 Å². The van der Waals surface area contributed by atoms with Crippen LogP contribution in [0.3, 0.4) is 0 Å². The summed E-state index contributed by atoms with van der Waals surface area (Å²) in [6.07, 6.45) is 0. The standard InChI is InChI=1S/CH2O.O2S/c1-2;1-3-2/h1H2;. The van der Waals surface area contributed by atoms with Gasteiger partial charge in [0, 0.05) is 0 Å². The molecule has 0 aromatic carbocycles. The number of carbonyl (C=O) groups excluding carboxylic acids is 1. The fraction of sp³-hybridized carbons (Fsp3) is 0. The molecule has 0 aliphatic rings. The first kappa shape index (κ1) is 8.82. The zero-order valence-corrected chi connectivity index (χ0v) is 3.16. The third-order valence-electron chi connectivity index (χ3n) is 0. The van der Waals surface area contributed by atoms with Gasteiger partial charge >= 0.3 is 11.6 Å². The quantitative estimate of drug-likeness (QED) is 0.392. The van der Waals surface area contributed by atoms with Crippen LogP contribution in [0.15, 0.2) is 0 Å². The Hall–Kier alpha value is -0.510. The van der Waals surface area contributed by atoms with Gasteiger partial charge in [0.05, 0.1) is 0 Å². The van der Waals surface area contributed by atoms with Gasteiger partial charge < -0.3 is 4.79 Å². The fourth-order valence-electron chi connectivity index (χ4n) is 0. The molecular weight excluding hydrogens is 92.1 g/mol. The van der Waals surface area contributed by atoms with Gasteiger partial charge in [-0.25, -0.2) is 0 Å². The maximum Gasteiger partial charge on any atom is 0.335 e. The van der Waals surface area contributed by atoms with E-state index in [-0.39, 0.29) is 0 Å². The van der Waals surface area contributed by atoms with Gasteiger partial charge in [0.1, 0.15) is 6.79 Å². The minimum atomic E-state index is -0.750. The molecule has 5 heavy (non-hydrogen) atoms. The molecule has 0 fully saturated rings. The van der Waals surface area contributed by atoms with Crippen LogP contribution >= 0.6 is 0 Å². The monoisotopic (exact) mass is 94.0 g/mol. The largest absolute Gasteiger partial charge is 0.335 e. The van der Waals surface area contributed by atoms with Gasteiger partial charge in [-0.1, -0.05) is 0 Å². The molecule has 0 atom stereocenters. The van der Waals surface area contributed by atoms with Crippen molar-refractivity contribution < 1.29 is 13.2 Å². The van der Waals surface area contributed by atoms with Crippen LogP contribution in [0.5, 0.6) is 0 Å². The van der Waals surface area contributed by atoms with Crippen molar-refractivity contribution in [2.45, 2.75) is 0 Å². The van der Waals surface area contributed by atoms with Crippen molar-refractivity contribution in [2.75, 3.05) is 0 Å². The van der Waals surface area contributed by atoms with E-state index < -0.39 is 11.6 Å². The Labute approximate surface area is 32.6 Å². The van der Waals surface area contributed by atoms with Crippen molar-refractivity contribution in [3.05, 3.63) is 0 Å². The van der Waals surface area contributed by atoms with Crippen LogP contribution in [0.25, 0.3) is 0 Å². The third-order valence-corrected chi connectivity index (χ3v) is 0. The molecule has 4 heteroatoms. The van der Waals surface area contributed by atoms with Gasteiger partial charge in [-0.05, 0) is 0 Å². The summed E-state index contributed by atoms with van der Waals surface area (Å²) in [5.41, 5.74) is 0. The highest BCUT2D eigenvalue weighted by Crippen LogP contribution is 0.846. The van der Waals surface area contributed by atoms with Gasteiger partial charge in [0.2, 0.25) is 0 Å². The Morgan fingerprint density at radius 1 is 1.20 bits per heavy atom. The van der Waals surface area contributed by atoms with E-state index >= 15 is 0 Å². The summed E-state index contributed by atoms with van der Waals surface area (Å²) in [6, 6.07) is 0. The first-order valence-corrected chi connectivity index (χ1v) is 1.29. The minimum Gasteiger partial charge on any atom is -0.307 e. The van der Waals surface area contributed by atoms with E-state index in [0.717, 1.165) is 0 Å². The van der Waals surface area contributed by atoms with Crippen molar-refractivity contribution in [2.24, 2.45) is 0 Å². The van der Waals surface area contributed by atoms with Crippen LogP contribution in [0.1, 0.15) is 0 Å². The molecule has 0 heterocycles. The Bertz CT molecular complexity index is 36.2. The second-order valence-electron chi connectivity index (χ2n) is 0.0680. The molecule has 0 aromatic heterocycles. The van der Waals surface area contributed by atoms with Crippen molar-refractivity contribution >= 4 is 18.4 Å². The first-order chi connectivity index (χ1) is 2.41. The summed E-state index contributed by atoms with van der Waals surface area (Å²) in [7, 11) is 0. The third kappa shape index (κ3) is 29.8. The highest BCUT2D eigenvalue weighted by atomic mass is 32.1. The zero-order chi connectivity index (χ0) is 4.71. The Balaban J connectivity index is 0. The molecule has 0 rings (SSSR count). The van der Waals surface area contributed by atoms with Crippen LogP contribution in [0.2, 0.25) is 0 Å². The Morgan fingerprint density at radius 3 is 1.20 bits per heavy atom. The van der Waals surface area contributed by atoms with Gasteiger partial charge in [0.15, 0.2) is 0 Å². The number of hydrogen-bond donors (Lipinski definition) is 0. The lowest BCUT2D eigenvalue weighted by Gasteiger charge is -0.947. The summed E-state index contributed by atoms with van der Waals surface area (Å²) in [4.78, 5) is 8.00. The maximum absolute atomic E-state index is 8.29. The summed E-state index contributed by atoms with van der Waals surface area (Å²) < 4.78 is 16.6. The van der Waals surface area contributed by atoms with Crippen LogP contribution < -0.4 is 0 Å². The van der Waals surface area contributed by atoms with E-state index in [1.54, 1.807) is 0 Å². The van der Waals surface area contributed by atoms with E-state index in [9.17, 15) is 0 Å². The number of rotatable bonds is 0. The van der Waals surface area contributed by atoms with Crippen LogP contribution in [0, 0.1) is 0 Å². The summed E-state index contributed by atoms with van der Waals surface area (Å²) in [6.45, 7) is 2.00. The van der Waals surface area contributed by atoms with E-state index in [1.165, 1.54) is 0 Å². The molecule has 0 saturated carbocycles. The van der Waals surface area contributed by atoms with Crippen molar-refractivity contribution in [1.82, 2.24) is 0 Å². The van der Waals surface area contributed by atoms with Crippen LogP contribution in [-0.4, -0.2) is 15.2 Å². The predicted molar refractivity (Wildman–Crippen MR) is 16.0 cm³/mol. The predicted octanol–water partition coefficient (Wildman–Crippen LogP) is -0.855. The smallest absolute Gasteiger partial charge is 0.307 e. The van der Waals surface area contributed by atoms with Gasteiger partial charge in [-0.15, -0.1) is 0 Å². The summed E-state index contributed by atoms with van der Waals surface area (Å²) >= 11 is -0.750. The molecule has 0 aliphatic heterocycles. The van der Waals surface area contributed by atoms with Gasteiger partial charge in [-0.3, -0.25) is 0 Å². The SMILES string of the molecule is C=O.O=S=O. The van der Waals surface area contributed by atoms with Gasteiger partial charge in [-0.2, -0.15) is 8.42 Å². The molecule has 30 valence electrons. The topological polar surface area (TPSA) is 51.2 Å². The average Bonchev–Trinajstić information content (AvgIpc) is 1.46. The highest BCUT2D eigenvalue weighted by molar-refractivity contribution is 7.51. The van der Waals surface area contributed by atoms with E-state index in [0.29, 0.717) is 0 Å². The summed E-state index contributed by atoms with van der Waals surface area (Å²) in [5, 5.41) is 0. The fourth-order valence-corrected chi connectivity index (χ4v) is 0. The molecule has 0 radical (unpaired) electrons. The first-order valence-electron chi connectivity index (χ1n) is 0.622. The molecule has 3 nitrogen and oxygen atoms in total. The lowest BCUT2D eigenvalue weighted by Crippen LogP contribution is -1.18. The second-order valence-corrected chi connectivity index (χ2v) is 0.204. The van der Waals surface area contributed by atoms with E-state index in [1.807, 2.05) is 6.79 Å². The van der Waals surface area contributed by atoms with Crippen LogP contribution in [-0.2, 0) is 16.4 Å². The molecule has 0 amide bonds. The minimum absolute atomic E-state index is 0.750. The normalized spacial score (nSPS) is 3.20. The molecule has 0 spiro atoms. The molecule has 0 aliphatic carbocycles. The lowest BCUT2D eigenvalue weighted by molar-refractivity contribution is -0.0979. The second kappa shape index (κ2) is 90.1. The van der Waals surface area contributed by atoms with E-state index in [4.69, 9.17) is 13.2 Å². The van der Waals surface area contributed by atoms with Crippen molar-refractivity contribution in [3.8, 4) is 0 Å². The molecule has 0 aromatic rings. The average molecular weight is 94.1 g/mol. The van der Waals surface area contributed by atoms with Crippen LogP contribution in [0.4, 0.5) is 0 Å². The van der Waals surface area contributed by atoms with Crippen molar-refractivity contribution in [3.63, 3.8) is 0 Å². The Kier molecular flexibility index (Phi) is 159.